The van der Waals surface area contributed by atoms with Gasteiger partial charge in [0.1, 0.15) is 0 Å². The van der Waals surface area contributed by atoms with Crippen molar-refractivity contribution >= 4 is 38.2 Å². The third-order valence-corrected chi connectivity index (χ3v) is 11.8. The number of nitrogens with zero attached hydrogens (tertiary/aromatic N) is 4. The highest BCUT2D eigenvalue weighted by atomic mass is 15.0. The van der Waals surface area contributed by atoms with Gasteiger partial charge in [-0.3, -0.25) is 4.98 Å². The number of hydrogen-bond donors (Lipinski definition) is 0. The molecule has 5 aromatic carbocycles. The van der Waals surface area contributed by atoms with E-state index < -0.39 is 0 Å². The third kappa shape index (κ3) is 5.40. The van der Waals surface area contributed by atoms with Gasteiger partial charge in [0.2, 0.25) is 0 Å². The predicted octanol–water partition coefficient (Wildman–Crippen LogP) is 12.9. The van der Waals surface area contributed by atoms with Gasteiger partial charge in [-0.15, -0.1) is 0 Å². The molecule has 3 aliphatic carbocycles. The van der Waals surface area contributed by atoms with Crippen LogP contribution in [0.25, 0.3) is 77.7 Å². The van der Waals surface area contributed by atoms with Crippen molar-refractivity contribution in [3.63, 3.8) is 0 Å². The average Bonchev–Trinajstić information content (AvgIpc) is 3.59. The van der Waals surface area contributed by atoms with Crippen LogP contribution in [0.1, 0.15) is 37.8 Å². The molecule has 4 heteroatoms. The molecule has 0 aliphatic heterocycles. The standard InChI is InChI=1S/C51H38N4/c1-6-16-42-33(11-1)29-30-52-50(42)35-21-23-36(24-22-35)51-53-45(32-46(54-51)49-40-14-4-2-12-37(40)31-38-13-3-5-15-41(38)49)34-25-27-39(28-26-34)55-47-19-9-7-17-43(47)44-18-8-10-20-48(44)55/h1,4-11,14-30,32,37H,2-3,12-13,31H2/t37-/m1/s1. The lowest BCUT2D eigenvalue weighted by Crippen LogP contribution is -2.18. The van der Waals surface area contributed by atoms with E-state index >= 15 is 0 Å². The van der Waals surface area contributed by atoms with E-state index in [0.717, 1.165) is 76.4 Å². The maximum atomic E-state index is 5.42. The molecule has 0 saturated carbocycles. The number of benzene rings is 5. The maximum absolute atomic E-state index is 5.42. The summed E-state index contributed by atoms with van der Waals surface area (Å²) in [6.45, 7) is 0. The summed E-state index contributed by atoms with van der Waals surface area (Å²) in [6, 6.07) is 47.6. The number of allylic oxidation sites excluding steroid dienone is 8. The van der Waals surface area contributed by atoms with Crippen molar-refractivity contribution in [1.82, 2.24) is 19.5 Å². The van der Waals surface area contributed by atoms with Crippen molar-refractivity contribution in [2.75, 3.05) is 0 Å². The van der Waals surface area contributed by atoms with Gasteiger partial charge in [0, 0.05) is 50.3 Å². The van der Waals surface area contributed by atoms with Crippen LogP contribution in [0.4, 0.5) is 0 Å². The summed E-state index contributed by atoms with van der Waals surface area (Å²) in [7, 11) is 0. The molecule has 262 valence electrons. The van der Waals surface area contributed by atoms with Crippen LogP contribution < -0.4 is 0 Å². The molecule has 3 aromatic heterocycles. The maximum Gasteiger partial charge on any atom is 0.160 e. The summed E-state index contributed by atoms with van der Waals surface area (Å²) in [6.07, 6.45) is 17.0. The topological polar surface area (TPSA) is 43.6 Å². The minimum atomic E-state index is 0.532. The minimum absolute atomic E-state index is 0.532. The molecule has 0 bridgehead atoms. The number of rotatable bonds is 5. The van der Waals surface area contributed by atoms with E-state index in [1.807, 2.05) is 6.20 Å². The predicted molar refractivity (Wildman–Crippen MR) is 227 cm³/mol. The van der Waals surface area contributed by atoms with E-state index in [9.17, 15) is 0 Å². The van der Waals surface area contributed by atoms with Gasteiger partial charge in [-0.1, -0.05) is 127 Å². The van der Waals surface area contributed by atoms with Gasteiger partial charge >= 0.3 is 0 Å². The zero-order valence-electron chi connectivity index (χ0n) is 30.5. The van der Waals surface area contributed by atoms with Crippen LogP contribution in [0.5, 0.6) is 0 Å². The van der Waals surface area contributed by atoms with E-state index in [-0.39, 0.29) is 0 Å². The fourth-order valence-electron chi connectivity index (χ4n) is 9.18. The summed E-state index contributed by atoms with van der Waals surface area (Å²) >= 11 is 0. The Morgan fingerprint density at radius 3 is 2.05 bits per heavy atom. The lowest BCUT2D eigenvalue weighted by Gasteiger charge is -2.33. The molecule has 0 unspecified atom stereocenters. The van der Waals surface area contributed by atoms with E-state index in [1.165, 1.54) is 50.3 Å². The van der Waals surface area contributed by atoms with Gasteiger partial charge in [0.25, 0.3) is 0 Å². The van der Waals surface area contributed by atoms with Gasteiger partial charge < -0.3 is 4.57 Å². The Bertz CT molecular complexity index is 2880. The van der Waals surface area contributed by atoms with Crippen molar-refractivity contribution in [1.29, 1.82) is 0 Å². The highest BCUT2D eigenvalue weighted by Crippen LogP contribution is 2.47. The molecule has 1 atom stereocenters. The molecular weight excluding hydrogens is 669 g/mol. The van der Waals surface area contributed by atoms with Crippen molar-refractivity contribution in [3.05, 3.63) is 186 Å². The monoisotopic (exact) mass is 706 g/mol. The molecule has 55 heavy (non-hydrogen) atoms. The Hall–Kier alpha value is -6.65. The molecule has 0 fully saturated rings. The first-order valence-electron chi connectivity index (χ1n) is 19.5. The number of fused-ring (bicyclic) bond motifs is 5. The number of hydrogen-bond acceptors (Lipinski definition) is 3. The molecule has 8 aromatic rings. The Labute approximate surface area is 320 Å². The van der Waals surface area contributed by atoms with E-state index in [2.05, 4.69) is 162 Å². The van der Waals surface area contributed by atoms with Crippen molar-refractivity contribution in [2.45, 2.75) is 32.1 Å². The van der Waals surface area contributed by atoms with Crippen LogP contribution in [0, 0.1) is 5.92 Å². The second-order valence-corrected chi connectivity index (χ2v) is 15.0. The fraction of sp³-hybridized carbons (Fsp3) is 0.118. The van der Waals surface area contributed by atoms with Crippen molar-refractivity contribution in [2.24, 2.45) is 5.92 Å². The Morgan fingerprint density at radius 1 is 0.582 bits per heavy atom. The smallest absolute Gasteiger partial charge is 0.160 e. The number of para-hydroxylation sites is 2. The SMILES string of the molecule is C1=CC2=C(CC1)C[C@H]1CCC=CC1=C2c1cc(-c2ccc(-n3c4ccccc4c4ccccc43)cc2)nc(-c2ccc(-c3nccc4ccccc34)cc2)n1. The van der Waals surface area contributed by atoms with E-state index in [1.54, 1.807) is 5.57 Å². The van der Waals surface area contributed by atoms with E-state index in [4.69, 9.17) is 15.0 Å². The molecule has 11 rings (SSSR count). The number of aromatic nitrogens is 4. The first-order valence-corrected chi connectivity index (χ1v) is 19.5. The molecule has 0 amide bonds. The third-order valence-electron chi connectivity index (χ3n) is 11.8. The van der Waals surface area contributed by atoms with Crippen LogP contribution >= 0.6 is 0 Å². The second-order valence-electron chi connectivity index (χ2n) is 15.0. The summed E-state index contributed by atoms with van der Waals surface area (Å²) in [5.41, 5.74) is 15.2. The largest absolute Gasteiger partial charge is 0.309 e. The fourth-order valence-corrected chi connectivity index (χ4v) is 9.18. The van der Waals surface area contributed by atoms with Gasteiger partial charge in [-0.25, -0.2) is 9.97 Å². The van der Waals surface area contributed by atoms with Gasteiger partial charge in [-0.2, -0.15) is 0 Å². The lowest BCUT2D eigenvalue weighted by atomic mass is 9.71. The van der Waals surface area contributed by atoms with Gasteiger partial charge in [-0.05, 0) is 91.0 Å². The van der Waals surface area contributed by atoms with Gasteiger partial charge in [0.15, 0.2) is 5.82 Å². The second kappa shape index (κ2) is 13.0. The highest BCUT2D eigenvalue weighted by Gasteiger charge is 2.31. The minimum Gasteiger partial charge on any atom is -0.309 e. The summed E-state index contributed by atoms with van der Waals surface area (Å²) < 4.78 is 2.37. The Balaban J connectivity index is 1.06. The summed E-state index contributed by atoms with van der Waals surface area (Å²) in [5, 5.41) is 4.85. The van der Waals surface area contributed by atoms with Crippen LogP contribution in [0.2, 0.25) is 0 Å². The molecule has 3 aliphatic rings. The first kappa shape index (κ1) is 31.8. The van der Waals surface area contributed by atoms with Crippen molar-refractivity contribution in [3.8, 4) is 39.6 Å². The molecule has 0 radical (unpaired) electrons. The lowest BCUT2D eigenvalue weighted by molar-refractivity contribution is 0.540. The molecule has 0 N–H and O–H groups in total. The van der Waals surface area contributed by atoms with Crippen molar-refractivity contribution < 1.29 is 0 Å². The quantitative estimate of drug-likeness (QED) is 0.179. The zero-order valence-corrected chi connectivity index (χ0v) is 30.5. The normalized spacial score (nSPS) is 16.6. The summed E-state index contributed by atoms with van der Waals surface area (Å²) in [4.78, 5) is 15.5. The first-order chi connectivity index (χ1) is 27.3. The average molecular weight is 707 g/mol. The Morgan fingerprint density at radius 2 is 1.25 bits per heavy atom. The zero-order chi connectivity index (χ0) is 36.3. The number of pyridine rings is 1. The van der Waals surface area contributed by atoms with Crippen LogP contribution in [0.15, 0.2) is 181 Å². The van der Waals surface area contributed by atoms with Crippen LogP contribution in [-0.2, 0) is 0 Å². The Kier molecular flexibility index (Phi) is 7.54. The highest BCUT2D eigenvalue weighted by molar-refractivity contribution is 6.09. The van der Waals surface area contributed by atoms with Crippen LogP contribution in [0.3, 0.4) is 0 Å². The molecular formula is C51H38N4. The summed E-state index contributed by atoms with van der Waals surface area (Å²) in [5.74, 6) is 1.26. The molecule has 0 saturated heterocycles. The van der Waals surface area contributed by atoms with Crippen LogP contribution in [-0.4, -0.2) is 19.5 Å². The van der Waals surface area contributed by atoms with Gasteiger partial charge in [0.05, 0.1) is 28.1 Å². The van der Waals surface area contributed by atoms with E-state index in [0.29, 0.717) is 5.92 Å². The molecule has 4 nitrogen and oxygen atoms in total. The molecule has 3 heterocycles. The molecule has 0 spiro atoms.